The lowest BCUT2D eigenvalue weighted by Crippen LogP contribution is -2.25. The zero-order chi connectivity index (χ0) is 18.8. The van der Waals surface area contributed by atoms with Gasteiger partial charge >= 0.3 is 0 Å². The molecule has 2 aromatic heterocycles. The molecular weight excluding hydrogens is 358 g/mol. The number of nitrogens with one attached hydrogen (secondary N) is 1. The Kier molecular flexibility index (Phi) is 5.16. The number of nitrogens with zero attached hydrogens (tertiary/aromatic N) is 2. The van der Waals surface area contributed by atoms with Crippen LogP contribution in [0.15, 0.2) is 29.1 Å². The van der Waals surface area contributed by atoms with Crippen molar-refractivity contribution in [1.82, 2.24) is 9.55 Å². The Morgan fingerprint density at radius 3 is 2.89 bits per heavy atom. The number of rotatable bonds is 6. The maximum atomic E-state index is 13.1. The molecule has 0 bridgehead atoms. The quantitative estimate of drug-likeness (QED) is 0.698. The first-order valence-corrected chi connectivity index (χ1v) is 10.5. The molecule has 0 spiro atoms. The molecule has 27 heavy (non-hydrogen) atoms. The zero-order valence-electron chi connectivity index (χ0n) is 15.9. The van der Waals surface area contributed by atoms with E-state index in [4.69, 9.17) is 9.72 Å². The molecule has 0 fully saturated rings. The van der Waals surface area contributed by atoms with E-state index in [-0.39, 0.29) is 5.56 Å². The molecule has 0 saturated carbocycles. The van der Waals surface area contributed by atoms with Gasteiger partial charge in [-0.05, 0) is 56.2 Å². The van der Waals surface area contributed by atoms with Gasteiger partial charge in [0.05, 0.1) is 12.5 Å². The molecule has 0 saturated heterocycles. The number of para-hydroxylation sites is 1. The Morgan fingerprint density at radius 2 is 2.07 bits per heavy atom. The van der Waals surface area contributed by atoms with Crippen LogP contribution in [0.25, 0.3) is 10.2 Å². The zero-order valence-corrected chi connectivity index (χ0v) is 16.7. The second-order valence-electron chi connectivity index (χ2n) is 6.86. The minimum Gasteiger partial charge on any atom is -0.496 e. The average molecular weight is 384 g/mol. The van der Waals surface area contributed by atoms with Crippen molar-refractivity contribution in [1.29, 1.82) is 0 Å². The lowest BCUT2D eigenvalue weighted by Gasteiger charge is -2.14. The van der Waals surface area contributed by atoms with Crippen molar-refractivity contribution in [2.24, 2.45) is 0 Å². The molecule has 142 valence electrons. The number of fused-ring (bicyclic) bond motifs is 3. The van der Waals surface area contributed by atoms with Crippen LogP contribution in [0.3, 0.4) is 0 Å². The van der Waals surface area contributed by atoms with E-state index in [0.717, 1.165) is 40.8 Å². The summed E-state index contributed by atoms with van der Waals surface area (Å²) in [4.78, 5) is 20.2. The third-order valence-electron chi connectivity index (χ3n) is 5.26. The molecule has 1 aliphatic carbocycles. The number of aryl methyl sites for hydroxylation is 2. The summed E-state index contributed by atoms with van der Waals surface area (Å²) in [6, 6.07) is 8.02. The Labute approximate surface area is 163 Å². The number of ether oxygens (including phenoxy) is 1. The van der Waals surface area contributed by atoms with Gasteiger partial charge in [-0.3, -0.25) is 9.36 Å². The van der Waals surface area contributed by atoms with Gasteiger partial charge in [0.2, 0.25) is 5.95 Å². The van der Waals surface area contributed by atoms with Gasteiger partial charge in [-0.2, -0.15) is 0 Å². The van der Waals surface area contributed by atoms with E-state index >= 15 is 0 Å². The topological polar surface area (TPSA) is 56.1 Å². The average Bonchev–Trinajstić information content (AvgIpc) is 3.07. The highest BCUT2D eigenvalue weighted by Gasteiger charge is 2.21. The molecule has 0 amide bonds. The van der Waals surface area contributed by atoms with Crippen LogP contribution in [0.1, 0.15) is 35.8 Å². The maximum Gasteiger partial charge on any atom is 0.263 e. The van der Waals surface area contributed by atoms with Crippen LogP contribution in [0.2, 0.25) is 0 Å². The molecule has 1 aliphatic rings. The van der Waals surface area contributed by atoms with Gasteiger partial charge in [-0.15, -0.1) is 11.3 Å². The number of anilines is 1. The number of aromatic nitrogens is 2. The summed E-state index contributed by atoms with van der Waals surface area (Å²) in [5.74, 6) is 1.56. The van der Waals surface area contributed by atoms with Gasteiger partial charge in [0, 0.05) is 18.0 Å². The second kappa shape index (κ2) is 7.72. The highest BCUT2D eigenvalue weighted by molar-refractivity contribution is 7.18. The minimum absolute atomic E-state index is 0.0988. The lowest BCUT2D eigenvalue weighted by atomic mass is 9.97. The predicted octanol–water partition coefficient (Wildman–Crippen LogP) is 4.02. The van der Waals surface area contributed by atoms with E-state index in [1.807, 2.05) is 25.1 Å². The van der Waals surface area contributed by atoms with E-state index in [0.29, 0.717) is 19.0 Å². The Balaban J connectivity index is 1.62. The first kappa shape index (κ1) is 18.0. The molecule has 0 aliphatic heterocycles. The Hall–Kier alpha value is -2.34. The fraction of sp³-hybridized carbons (Fsp3) is 0.429. The second-order valence-corrected chi connectivity index (χ2v) is 7.95. The van der Waals surface area contributed by atoms with Gasteiger partial charge in [0.1, 0.15) is 10.6 Å². The normalized spacial score (nSPS) is 13.6. The molecule has 4 rings (SSSR count). The van der Waals surface area contributed by atoms with Crippen molar-refractivity contribution in [2.75, 3.05) is 19.0 Å². The lowest BCUT2D eigenvalue weighted by molar-refractivity contribution is 0.410. The molecule has 2 heterocycles. The predicted molar refractivity (Wildman–Crippen MR) is 111 cm³/mol. The number of benzene rings is 1. The maximum absolute atomic E-state index is 13.1. The van der Waals surface area contributed by atoms with E-state index in [9.17, 15) is 4.79 Å². The van der Waals surface area contributed by atoms with Crippen molar-refractivity contribution in [2.45, 2.75) is 45.6 Å². The fourth-order valence-corrected chi connectivity index (χ4v) is 5.14. The van der Waals surface area contributed by atoms with Crippen LogP contribution in [-0.2, 0) is 25.8 Å². The number of hydrogen-bond acceptors (Lipinski definition) is 5. The van der Waals surface area contributed by atoms with Crippen LogP contribution < -0.4 is 15.6 Å². The monoisotopic (exact) mass is 383 g/mol. The first-order chi connectivity index (χ1) is 13.2. The smallest absolute Gasteiger partial charge is 0.263 e. The molecule has 0 unspecified atom stereocenters. The summed E-state index contributed by atoms with van der Waals surface area (Å²) in [5, 5.41) is 4.23. The van der Waals surface area contributed by atoms with Crippen LogP contribution in [0.5, 0.6) is 5.75 Å². The van der Waals surface area contributed by atoms with Gasteiger partial charge < -0.3 is 10.1 Å². The first-order valence-electron chi connectivity index (χ1n) is 9.63. The van der Waals surface area contributed by atoms with Crippen LogP contribution >= 0.6 is 11.3 Å². The van der Waals surface area contributed by atoms with Crippen molar-refractivity contribution in [3.05, 3.63) is 50.6 Å². The summed E-state index contributed by atoms with van der Waals surface area (Å²) in [6.07, 6.45) is 5.28. The fourth-order valence-electron chi connectivity index (χ4n) is 3.89. The molecule has 0 radical (unpaired) electrons. The molecular formula is C21H25N3O2S. The molecule has 0 atom stereocenters. The molecule has 5 nitrogen and oxygen atoms in total. The Bertz CT molecular complexity index is 1020. The Morgan fingerprint density at radius 1 is 1.26 bits per heavy atom. The van der Waals surface area contributed by atoms with Crippen molar-refractivity contribution < 1.29 is 4.74 Å². The summed E-state index contributed by atoms with van der Waals surface area (Å²) >= 11 is 1.70. The van der Waals surface area contributed by atoms with Gasteiger partial charge in [-0.25, -0.2) is 4.98 Å². The summed E-state index contributed by atoms with van der Waals surface area (Å²) in [7, 11) is 1.69. The van der Waals surface area contributed by atoms with Crippen LogP contribution in [-0.4, -0.2) is 23.2 Å². The molecule has 1 aromatic carbocycles. The highest BCUT2D eigenvalue weighted by atomic mass is 32.1. The van der Waals surface area contributed by atoms with E-state index in [2.05, 4.69) is 11.4 Å². The van der Waals surface area contributed by atoms with E-state index in [1.165, 1.54) is 23.3 Å². The van der Waals surface area contributed by atoms with Crippen molar-refractivity contribution in [3.8, 4) is 5.75 Å². The van der Waals surface area contributed by atoms with Gasteiger partial charge in [0.15, 0.2) is 0 Å². The van der Waals surface area contributed by atoms with Crippen LogP contribution in [0, 0.1) is 0 Å². The number of methoxy groups -OCH3 is 1. The third-order valence-corrected chi connectivity index (χ3v) is 6.45. The van der Waals surface area contributed by atoms with Crippen molar-refractivity contribution >= 4 is 27.5 Å². The summed E-state index contributed by atoms with van der Waals surface area (Å²) in [5.41, 5.74) is 2.49. The van der Waals surface area contributed by atoms with Crippen LogP contribution in [0.4, 0.5) is 5.95 Å². The minimum atomic E-state index is 0.0988. The van der Waals surface area contributed by atoms with E-state index < -0.39 is 0 Å². The molecule has 6 heteroatoms. The highest BCUT2D eigenvalue weighted by Crippen LogP contribution is 2.34. The largest absolute Gasteiger partial charge is 0.496 e. The summed E-state index contributed by atoms with van der Waals surface area (Å²) < 4.78 is 7.19. The van der Waals surface area contributed by atoms with Crippen molar-refractivity contribution in [3.63, 3.8) is 0 Å². The standard InChI is InChI=1S/C21H25N3O2S/c1-3-24-20(25)18-15-9-5-7-11-17(15)27-19(18)23-21(24)22-13-12-14-8-4-6-10-16(14)26-2/h4,6,8,10H,3,5,7,9,11-13H2,1-2H3,(H,22,23). The van der Waals surface area contributed by atoms with Gasteiger partial charge in [0.25, 0.3) is 5.56 Å². The summed E-state index contributed by atoms with van der Waals surface area (Å²) in [6.45, 7) is 3.31. The molecule has 1 N–H and O–H groups in total. The SMILES string of the molecule is CCn1c(NCCc2ccccc2OC)nc2sc3c(c2c1=O)CCCC3. The number of thiophene rings is 1. The third kappa shape index (κ3) is 3.34. The van der Waals surface area contributed by atoms with E-state index in [1.54, 1.807) is 23.0 Å². The molecule has 3 aromatic rings. The van der Waals surface area contributed by atoms with Gasteiger partial charge in [-0.1, -0.05) is 18.2 Å². The number of hydrogen-bond donors (Lipinski definition) is 1.